The molecule has 1 aliphatic heterocycles. The van der Waals surface area contributed by atoms with Crippen molar-refractivity contribution < 1.29 is 13.9 Å². The van der Waals surface area contributed by atoms with E-state index in [4.69, 9.17) is 4.74 Å². The molecule has 0 bridgehead atoms. The number of ketones is 1. The SMILES string of the molecule is COCCCn1c(C)cc(C(=O)CSc2nnc(CN3CCCCC3)n2-c2ccc(F)cc2)c1C. The third kappa shape index (κ3) is 6.20. The van der Waals surface area contributed by atoms with Gasteiger partial charge in [0.2, 0.25) is 0 Å². The first kappa shape index (κ1) is 25.6. The first-order chi connectivity index (χ1) is 17.0. The molecule has 3 heterocycles. The van der Waals surface area contributed by atoms with E-state index in [1.54, 1.807) is 19.2 Å². The lowest BCUT2D eigenvalue weighted by Crippen LogP contribution is -2.30. The molecule has 1 saturated heterocycles. The average Bonchev–Trinajstić information content (AvgIpc) is 3.39. The Kier molecular flexibility index (Phi) is 8.75. The lowest BCUT2D eigenvalue weighted by atomic mass is 10.1. The summed E-state index contributed by atoms with van der Waals surface area (Å²) in [6.07, 6.45) is 4.53. The molecule has 3 aromatic rings. The molecular weight excluding hydrogens is 465 g/mol. The molecule has 188 valence electrons. The minimum Gasteiger partial charge on any atom is -0.385 e. The second kappa shape index (κ2) is 12.0. The van der Waals surface area contributed by atoms with Crippen molar-refractivity contribution >= 4 is 17.5 Å². The van der Waals surface area contributed by atoms with E-state index in [0.29, 0.717) is 18.3 Å². The Morgan fingerprint density at radius 1 is 1.11 bits per heavy atom. The number of carbonyl (C=O) groups excluding carboxylic acids is 1. The molecule has 0 atom stereocenters. The van der Waals surface area contributed by atoms with Crippen LogP contribution in [0.1, 0.15) is 53.3 Å². The highest BCUT2D eigenvalue weighted by atomic mass is 32.2. The Morgan fingerprint density at radius 2 is 1.86 bits per heavy atom. The first-order valence-electron chi connectivity index (χ1n) is 12.2. The third-order valence-electron chi connectivity index (χ3n) is 6.54. The van der Waals surface area contributed by atoms with Crippen molar-refractivity contribution in [3.05, 3.63) is 58.9 Å². The van der Waals surface area contributed by atoms with Crippen LogP contribution in [0.3, 0.4) is 0 Å². The molecule has 4 rings (SSSR count). The molecule has 0 amide bonds. The molecule has 0 radical (unpaired) electrons. The number of likely N-dealkylation sites (tertiary alicyclic amines) is 1. The normalized spacial score (nSPS) is 14.5. The quantitative estimate of drug-likeness (QED) is 0.214. The first-order valence-corrected chi connectivity index (χ1v) is 13.2. The van der Waals surface area contributed by atoms with E-state index in [9.17, 15) is 9.18 Å². The fourth-order valence-corrected chi connectivity index (χ4v) is 5.52. The maximum atomic E-state index is 13.6. The minimum atomic E-state index is -0.287. The van der Waals surface area contributed by atoms with E-state index in [2.05, 4.69) is 19.7 Å². The molecule has 9 heteroatoms. The van der Waals surface area contributed by atoms with Gasteiger partial charge in [-0.2, -0.15) is 0 Å². The fourth-order valence-electron chi connectivity index (χ4n) is 4.67. The van der Waals surface area contributed by atoms with Crippen LogP contribution < -0.4 is 0 Å². The topological polar surface area (TPSA) is 65.2 Å². The van der Waals surface area contributed by atoms with Crippen LogP contribution in [-0.2, 0) is 17.8 Å². The molecule has 1 aliphatic rings. The number of carbonyl (C=O) groups is 1. The van der Waals surface area contributed by atoms with Gasteiger partial charge in [0, 0.05) is 42.9 Å². The zero-order chi connectivity index (χ0) is 24.8. The summed E-state index contributed by atoms with van der Waals surface area (Å²) in [5.41, 5.74) is 3.60. The van der Waals surface area contributed by atoms with Crippen LogP contribution in [0.4, 0.5) is 4.39 Å². The van der Waals surface area contributed by atoms with Gasteiger partial charge in [0.1, 0.15) is 5.82 Å². The second-order valence-corrected chi connectivity index (χ2v) is 9.98. The maximum Gasteiger partial charge on any atom is 0.196 e. The smallest absolute Gasteiger partial charge is 0.196 e. The van der Waals surface area contributed by atoms with Crippen molar-refractivity contribution in [2.75, 3.05) is 32.6 Å². The van der Waals surface area contributed by atoms with Gasteiger partial charge < -0.3 is 9.30 Å². The van der Waals surface area contributed by atoms with E-state index in [1.807, 2.05) is 24.5 Å². The third-order valence-corrected chi connectivity index (χ3v) is 7.46. The van der Waals surface area contributed by atoms with Crippen LogP contribution in [0.5, 0.6) is 0 Å². The Morgan fingerprint density at radius 3 is 2.57 bits per heavy atom. The molecular formula is C26H34FN5O2S. The van der Waals surface area contributed by atoms with Crippen LogP contribution in [0.25, 0.3) is 5.69 Å². The highest BCUT2D eigenvalue weighted by Crippen LogP contribution is 2.26. The van der Waals surface area contributed by atoms with Crippen molar-refractivity contribution in [3.63, 3.8) is 0 Å². The standard InChI is InChI=1S/C26H34FN5O2S/c1-19-16-23(20(2)31(19)14-7-15-34-3)24(33)18-35-26-29-28-25(17-30-12-5-4-6-13-30)32(26)22-10-8-21(27)9-11-22/h8-11,16H,4-7,12-15,17-18H2,1-3H3. The molecule has 2 aromatic heterocycles. The van der Waals surface area contributed by atoms with E-state index < -0.39 is 0 Å². The van der Waals surface area contributed by atoms with Crippen LogP contribution >= 0.6 is 11.8 Å². The zero-order valence-electron chi connectivity index (χ0n) is 20.8. The molecule has 0 spiro atoms. The van der Waals surface area contributed by atoms with E-state index in [1.165, 1.54) is 43.2 Å². The number of halogens is 1. The Labute approximate surface area is 210 Å². The van der Waals surface area contributed by atoms with Crippen molar-refractivity contribution in [1.82, 2.24) is 24.2 Å². The monoisotopic (exact) mass is 499 g/mol. The lowest BCUT2D eigenvalue weighted by molar-refractivity contribution is 0.102. The zero-order valence-corrected chi connectivity index (χ0v) is 21.6. The number of methoxy groups -OCH3 is 1. The van der Waals surface area contributed by atoms with Crippen LogP contribution in [0.15, 0.2) is 35.5 Å². The summed E-state index contributed by atoms with van der Waals surface area (Å²) >= 11 is 1.38. The number of aryl methyl sites for hydroxylation is 1. The molecule has 1 aromatic carbocycles. The summed E-state index contributed by atoms with van der Waals surface area (Å²) < 4.78 is 22.9. The molecule has 35 heavy (non-hydrogen) atoms. The molecule has 0 saturated carbocycles. The van der Waals surface area contributed by atoms with Gasteiger partial charge in [0.05, 0.1) is 12.3 Å². The van der Waals surface area contributed by atoms with Gasteiger partial charge in [-0.1, -0.05) is 18.2 Å². The van der Waals surface area contributed by atoms with Crippen molar-refractivity contribution in [2.45, 2.75) is 57.8 Å². The fraction of sp³-hybridized carbons (Fsp3) is 0.500. The number of aromatic nitrogens is 4. The summed E-state index contributed by atoms with van der Waals surface area (Å²) in [7, 11) is 1.70. The highest BCUT2D eigenvalue weighted by molar-refractivity contribution is 7.99. The minimum absolute atomic E-state index is 0.0623. The number of thioether (sulfide) groups is 1. The number of ether oxygens (including phenoxy) is 1. The molecule has 0 N–H and O–H groups in total. The molecule has 0 unspecified atom stereocenters. The largest absolute Gasteiger partial charge is 0.385 e. The number of benzene rings is 1. The van der Waals surface area contributed by atoms with Gasteiger partial charge in [0.15, 0.2) is 16.8 Å². The second-order valence-electron chi connectivity index (χ2n) is 9.04. The van der Waals surface area contributed by atoms with Crippen LogP contribution in [0.2, 0.25) is 0 Å². The number of hydrogen-bond acceptors (Lipinski definition) is 6. The number of rotatable bonds is 11. The predicted molar refractivity (Wildman–Crippen MR) is 136 cm³/mol. The van der Waals surface area contributed by atoms with Crippen molar-refractivity contribution in [3.8, 4) is 5.69 Å². The Bertz CT molecular complexity index is 1140. The van der Waals surface area contributed by atoms with E-state index in [0.717, 1.165) is 54.5 Å². The van der Waals surface area contributed by atoms with Gasteiger partial charge in [-0.05, 0) is 76.5 Å². The number of nitrogens with zero attached hydrogens (tertiary/aromatic N) is 5. The van der Waals surface area contributed by atoms with Crippen LogP contribution in [0, 0.1) is 19.7 Å². The number of piperidine rings is 1. The van der Waals surface area contributed by atoms with Gasteiger partial charge in [0.25, 0.3) is 0 Å². The highest BCUT2D eigenvalue weighted by Gasteiger charge is 2.21. The molecule has 1 fully saturated rings. The lowest BCUT2D eigenvalue weighted by Gasteiger charge is -2.26. The molecule has 0 aliphatic carbocycles. The number of hydrogen-bond donors (Lipinski definition) is 0. The van der Waals surface area contributed by atoms with Crippen molar-refractivity contribution in [2.24, 2.45) is 0 Å². The number of Topliss-reactive ketones (excluding diaryl/α,β-unsaturated/α-hetero) is 1. The van der Waals surface area contributed by atoms with Gasteiger partial charge >= 0.3 is 0 Å². The van der Waals surface area contributed by atoms with Gasteiger partial charge in [-0.3, -0.25) is 14.3 Å². The molecule has 7 nitrogen and oxygen atoms in total. The Hall–Kier alpha value is -2.49. The average molecular weight is 500 g/mol. The predicted octanol–water partition coefficient (Wildman–Crippen LogP) is 4.82. The van der Waals surface area contributed by atoms with Gasteiger partial charge in [-0.25, -0.2) is 4.39 Å². The van der Waals surface area contributed by atoms with Crippen molar-refractivity contribution in [1.29, 1.82) is 0 Å². The van der Waals surface area contributed by atoms with E-state index in [-0.39, 0.29) is 17.4 Å². The summed E-state index contributed by atoms with van der Waals surface area (Å²) in [4.78, 5) is 15.6. The summed E-state index contributed by atoms with van der Waals surface area (Å²) in [6, 6.07) is 8.32. The maximum absolute atomic E-state index is 13.6. The van der Waals surface area contributed by atoms with Crippen LogP contribution in [-0.4, -0.2) is 62.6 Å². The van der Waals surface area contributed by atoms with Gasteiger partial charge in [-0.15, -0.1) is 10.2 Å². The summed E-state index contributed by atoms with van der Waals surface area (Å²) in [5, 5.41) is 9.54. The summed E-state index contributed by atoms with van der Waals surface area (Å²) in [6.45, 7) is 8.30. The van der Waals surface area contributed by atoms with E-state index >= 15 is 0 Å². The summed E-state index contributed by atoms with van der Waals surface area (Å²) in [5.74, 6) is 0.840. The Balaban J connectivity index is 1.52.